The van der Waals surface area contributed by atoms with E-state index in [1.54, 1.807) is 0 Å². The van der Waals surface area contributed by atoms with Gasteiger partial charge in [0.15, 0.2) is 0 Å². The number of hydrogen-bond donors (Lipinski definition) is 1. The molecule has 4 heteroatoms. The van der Waals surface area contributed by atoms with Crippen LogP contribution in [0.15, 0.2) is 17.1 Å². The first-order chi connectivity index (χ1) is 10.4. The number of hydrogen-bond acceptors (Lipinski definition) is 2. The molecule has 1 atom stereocenters. The van der Waals surface area contributed by atoms with Gasteiger partial charge in [0, 0.05) is 13.0 Å². The minimum Gasteiger partial charge on any atom is -0.356 e. The van der Waals surface area contributed by atoms with Crippen molar-refractivity contribution in [3.63, 3.8) is 0 Å². The van der Waals surface area contributed by atoms with E-state index in [9.17, 15) is 9.59 Å². The van der Waals surface area contributed by atoms with Crippen molar-refractivity contribution in [1.29, 1.82) is 0 Å². The maximum Gasteiger partial charge on any atom is 0.253 e. The highest BCUT2D eigenvalue weighted by atomic mass is 16.2. The van der Waals surface area contributed by atoms with Crippen molar-refractivity contribution in [3.05, 3.63) is 33.8 Å². The summed E-state index contributed by atoms with van der Waals surface area (Å²) in [5, 5.41) is 4.65. The minimum absolute atomic E-state index is 0.0436. The van der Waals surface area contributed by atoms with Crippen molar-refractivity contribution in [3.8, 4) is 0 Å². The first-order valence-electron chi connectivity index (χ1n) is 7.85. The third-order valence-electron chi connectivity index (χ3n) is 3.94. The highest BCUT2D eigenvalue weighted by molar-refractivity contribution is 5.86. The van der Waals surface area contributed by atoms with E-state index in [1.165, 1.54) is 5.56 Å². The smallest absolute Gasteiger partial charge is 0.253 e. The number of benzene rings is 1. The quantitative estimate of drug-likeness (QED) is 0.894. The number of fused-ring (bicyclic) bond motifs is 1. The molecule has 22 heavy (non-hydrogen) atoms. The molecule has 1 aliphatic heterocycles. The van der Waals surface area contributed by atoms with E-state index in [4.69, 9.17) is 0 Å². The average Bonchev–Trinajstić information content (AvgIpc) is 2.41. The Morgan fingerprint density at radius 1 is 1.27 bits per heavy atom. The van der Waals surface area contributed by atoms with Gasteiger partial charge in [-0.3, -0.25) is 9.59 Å². The van der Waals surface area contributed by atoms with Gasteiger partial charge >= 0.3 is 0 Å². The van der Waals surface area contributed by atoms with Crippen LogP contribution in [0, 0.1) is 25.7 Å². The molecule has 1 unspecified atom stereocenters. The third-order valence-corrected chi connectivity index (χ3v) is 3.94. The van der Waals surface area contributed by atoms with Crippen LogP contribution in [-0.4, -0.2) is 18.4 Å². The number of amides is 2. The van der Waals surface area contributed by atoms with Gasteiger partial charge < -0.3 is 5.32 Å². The second-order valence-corrected chi connectivity index (χ2v) is 6.46. The van der Waals surface area contributed by atoms with E-state index in [0.717, 1.165) is 16.1 Å². The fraction of sp³-hybridized carbons (Fsp3) is 0.500. The number of nitrogens with one attached hydrogen (secondary N) is 1. The van der Waals surface area contributed by atoms with E-state index < -0.39 is 0 Å². The van der Waals surface area contributed by atoms with E-state index in [1.807, 2.05) is 32.9 Å². The molecule has 1 aromatic rings. The summed E-state index contributed by atoms with van der Waals surface area (Å²) < 4.78 is 0. The number of carbonyl (C=O) groups excluding carboxylic acids is 2. The normalized spacial score (nSPS) is 16.8. The molecule has 0 radical (unpaired) electrons. The summed E-state index contributed by atoms with van der Waals surface area (Å²) >= 11 is 0. The standard InChI is InChI=1S/C18H24N2O2/c1-11(2)7-17(21)19-6-5-14-10-15-8-12(3)13(4)9-16(15)20-18(14)22/h8-11,14H,5-7H2,1-4H3,(H,19,21). The van der Waals surface area contributed by atoms with E-state index >= 15 is 0 Å². The van der Waals surface area contributed by atoms with Crippen molar-refractivity contribution >= 4 is 17.9 Å². The zero-order valence-corrected chi connectivity index (χ0v) is 13.8. The Bertz CT molecular complexity index is 705. The van der Waals surface area contributed by atoms with Gasteiger partial charge in [-0.15, -0.1) is 0 Å². The summed E-state index contributed by atoms with van der Waals surface area (Å²) in [6.07, 6.45) is 3.10. The largest absolute Gasteiger partial charge is 0.356 e. The molecule has 0 fully saturated rings. The molecule has 0 aliphatic carbocycles. The topological polar surface area (TPSA) is 58.5 Å². The van der Waals surface area contributed by atoms with Crippen LogP contribution in [-0.2, 0) is 9.59 Å². The Labute approximate surface area is 131 Å². The SMILES string of the molecule is Cc1cc2c(cc1C)=NC(=O)C(CCNC(=O)CC(C)C)C=2. The molecule has 2 rings (SSSR count). The maximum absolute atomic E-state index is 12.1. The van der Waals surface area contributed by atoms with Gasteiger partial charge in [0.05, 0.1) is 11.3 Å². The van der Waals surface area contributed by atoms with E-state index in [-0.39, 0.29) is 17.7 Å². The predicted molar refractivity (Wildman–Crippen MR) is 86.7 cm³/mol. The Balaban J connectivity index is 2.04. The summed E-state index contributed by atoms with van der Waals surface area (Å²) in [7, 11) is 0. The molecule has 4 nitrogen and oxygen atoms in total. The first-order valence-corrected chi connectivity index (χ1v) is 7.85. The van der Waals surface area contributed by atoms with Crippen molar-refractivity contribution in [2.24, 2.45) is 16.8 Å². The lowest BCUT2D eigenvalue weighted by Crippen LogP contribution is -2.36. The van der Waals surface area contributed by atoms with Crippen LogP contribution < -0.4 is 15.9 Å². The molecule has 0 spiro atoms. The first kappa shape index (κ1) is 16.4. The molecule has 2 amide bonds. The number of carbonyl (C=O) groups is 2. The van der Waals surface area contributed by atoms with Crippen LogP contribution in [0.4, 0.5) is 0 Å². The van der Waals surface area contributed by atoms with Crippen LogP contribution in [0.5, 0.6) is 0 Å². The summed E-state index contributed by atoms with van der Waals surface area (Å²) in [6, 6.07) is 4.03. The highest BCUT2D eigenvalue weighted by Crippen LogP contribution is 2.10. The molecular formula is C18H24N2O2. The zero-order valence-electron chi connectivity index (χ0n) is 13.8. The summed E-state index contributed by atoms with van der Waals surface area (Å²) in [5.41, 5.74) is 2.34. The van der Waals surface area contributed by atoms with E-state index in [2.05, 4.69) is 23.3 Å². The molecule has 0 bridgehead atoms. The molecular weight excluding hydrogens is 276 g/mol. The Kier molecular flexibility index (Phi) is 5.11. The van der Waals surface area contributed by atoms with Gasteiger partial charge in [0.2, 0.25) is 5.91 Å². The molecule has 0 saturated carbocycles. The van der Waals surface area contributed by atoms with Gasteiger partial charge in [0.1, 0.15) is 0 Å². The number of rotatable bonds is 5. The van der Waals surface area contributed by atoms with Crippen molar-refractivity contribution in [2.75, 3.05) is 6.54 Å². The summed E-state index contributed by atoms with van der Waals surface area (Å²) in [4.78, 5) is 27.9. The molecule has 1 aliphatic rings. The molecule has 1 heterocycles. The lowest BCUT2D eigenvalue weighted by Gasteiger charge is -2.14. The van der Waals surface area contributed by atoms with Crippen LogP contribution in [0.25, 0.3) is 6.08 Å². The third kappa shape index (κ3) is 4.03. The Hall–Kier alpha value is -1.97. The van der Waals surface area contributed by atoms with Crippen LogP contribution in [0.3, 0.4) is 0 Å². The summed E-state index contributed by atoms with van der Waals surface area (Å²) in [6.45, 7) is 8.61. The van der Waals surface area contributed by atoms with Crippen molar-refractivity contribution < 1.29 is 9.59 Å². The van der Waals surface area contributed by atoms with Gasteiger partial charge in [-0.05, 0) is 54.7 Å². The molecule has 118 valence electrons. The molecule has 1 aromatic carbocycles. The minimum atomic E-state index is -0.242. The van der Waals surface area contributed by atoms with Gasteiger partial charge in [-0.1, -0.05) is 19.9 Å². The lowest BCUT2D eigenvalue weighted by atomic mass is 9.98. The average molecular weight is 300 g/mol. The van der Waals surface area contributed by atoms with Crippen molar-refractivity contribution in [2.45, 2.75) is 40.5 Å². The lowest BCUT2D eigenvalue weighted by molar-refractivity contribution is -0.123. The van der Waals surface area contributed by atoms with Gasteiger partial charge in [-0.2, -0.15) is 0 Å². The predicted octanol–water partition coefficient (Wildman–Crippen LogP) is 1.41. The number of aryl methyl sites for hydroxylation is 2. The Morgan fingerprint density at radius 3 is 2.64 bits per heavy atom. The molecule has 0 aromatic heterocycles. The van der Waals surface area contributed by atoms with Crippen LogP contribution >= 0.6 is 0 Å². The molecule has 1 N–H and O–H groups in total. The van der Waals surface area contributed by atoms with Gasteiger partial charge in [0.25, 0.3) is 5.91 Å². The summed E-state index contributed by atoms with van der Waals surface area (Å²) in [5.74, 6) is 0.0286. The highest BCUT2D eigenvalue weighted by Gasteiger charge is 2.18. The second-order valence-electron chi connectivity index (χ2n) is 6.46. The van der Waals surface area contributed by atoms with Crippen molar-refractivity contribution in [1.82, 2.24) is 5.32 Å². The second kappa shape index (κ2) is 6.86. The number of nitrogens with zero attached hydrogens (tertiary/aromatic N) is 1. The van der Waals surface area contributed by atoms with Gasteiger partial charge in [-0.25, -0.2) is 4.99 Å². The zero-order chi connectivity index (χ0) is 16.3. The fourth-order valence-corrected chi connectivity index (χ4v) is 2.56. The fourth-order valence-electron chi connectivity index (χ4n) is 2.56. The van der Waals surface area contributed by atoms with Crippen LogP contribution in [0.2, 0.25) is 0 Å². The monoisotopic (exact) mass is 300 g/mol. The van der Waals surface area contributed by atoms with Crippen LogP contribution in [0.1, 0.15) is 37.8 Å². The molecule has 0 saturated heterocycles. The maximum atomic E-state index is 12.1. The Morgan fingerprint density at radius 2 is 1.95 bits per heavy atom. The van der Waals surface area contributed by atoms with E-state index in [0.29, 0.717) is 25.3 Å².